The largest absolute Gasteiger partial charge is 0.374 e. The first kappa shape index (κ1) is 13.0. The van der Waals surface area contributed by atoms with Crippen molar-refractivity contribution in [2.75, 3.05) is 13.2 Å². The fourth-order valence-electron chi connectivity index (χ4n) is 1.49. The molecule has 1 rings (SSSR count). The zero-order valence-electron chi connectivity index (χ0n) is 10.2. The highest BCUT2D eigenvalue weighted by atomic mass is 16.5. The molecule has 1 amide bonds. The summed E-state index contributed by atoms with van der Waals surface area (Å²) in [7, 11) is 0. The van der Waals surface area contributed by atoms with Crippen LogP contribution < -0.4 is 5.32 Å². The second kappa shape index (κ2) is 7.23. The van der Waals surface area contributed by atoms with Crippen LogP contribution in [0.4, 0.5) is 0 Å². The molecule has 0 fully saturated rings. The molecule has 3 heteroatoms. The molecule has 1 N–H and O–H groups in total. The summed E-state index contributed by atoms with van der Waals surface area (Å²) in [6.07, 6.45) is 8.97. The molecular weight excluding hydrogens is 202 g/mol. The Morgan fingerprint density at radius 2 is 2.44 bits per heavy atom. The molecule has 0 aromatic rings. The average Bonchev–Trinajstić information content (AvgIpc) is 2.31. The van der Waals surface area contributed by atoms with E-state index in [1.807, 2.05) is 6.92 Å². The average molecular weight is 223 g/mol. The van der Waals surface area contributed by atoms with Gasteiger partial charge in [-0.3, -0.25) is 4.79 Å². The Bertz CT molecular complexity index is 282. The summed E-state index contributed by atoms with van der Waals surface area (Å²) in [6.45, 7) is 5.35. The molecule has 1 unspecified atom stereocenters. The summed E-state index contributed by atoms with van der Waals surface area (Å²) in [5, 5.41) is 2.83. The SMILES string of the molecule is CCC(=O)NCCCOC1C=CC(C)=CC1. The quantitative estimate of drug-likeness (QED) is 0.701. The van der Waals surface area contributed by atoms with Crippen LogP contribution in [-0.2, 0) is 9.53 Å². The monoisotopic (exact) mass is 223 g/mol. The van der Waals surface area contributed by atoms with Crippen LogP contribution in [0, 0.1) is 0 Å². The molecule has 0 aromatic heterocycles. The summed E-state index contributed by atoms with van der Waals surface area (Å²) in [5.41, 5.74) is 1.30. The van der Waals surface area contributed by atoms with Crippen LogP contribution in [-0.4, -0.2) is 25.2 Å². The van der Waals surface area contributed by atoms with Crippen molar-refractivity contribution in [3.05, 3.63) is 23.8 Å². The van der Waals surface area contributed by atoms with Crippen LogP contribution in [0.5, 0.6) is 0 Å². The van der Waals surface area contributed by atoms with Gasteiger partial charge in [0.25, 0.3) is 0 Å². The van der Waals surface area contributed by atoms with Crippen molar-refractivity contribution in [2.24, 2.45) is 0 Å². The Morgan fingerprint density at radius 1 is 1.62 bits per heavy atom. The fourth-order valence-corrected chi connectivity index (χ4v) is 1.49. The molecule has 0 heterocycles. The first-order chi connectivity index (χ1) is 7.72. The fraction of sp³-hybridized carbons (Fsp3) is 0.615. The van der Waals surface area contributed by atoms with Crippen molar-refractivity contribution < 1.29 is 9.53 Å². The van der Waals surface area contributed by atoms with Crippen LogP contribution >= 0.6 is 0 Å². The van der Waals surface area contributed by atoms with Crippen LogP contribution in [0.25, 0.3) is 0 Å². The van der Waals surface area contributed by atoms with Gasteiger partial charge in [-0.1, -0.05) is 30.7 Å². The Balaban J connectivity index is 2.00. The number of allylic oxidation sites excluding steroid dienone is 2. The number of hydrogen-bond donors (Lipinski definition) is 1. The van der Waals surface area contributed by atoms with E-state index < -0.39 is 0 Å². The molecule has 0 saturated heterocycles. The van der Waals surface area contributed by atoms with Crippen molar-refractivity contribution in [1.29, 1.82) is 0 Å². The molecule has 1 aliphatic carbocycles. The summed E-state index contributed by atoms with van der Waals surface area (Å²) in [5.74, 6) is 0.108. The number of amides is 1. The maximum Gasteiger partial charge on any atom is 0.219 e. The van der Waals surface area contributed by atoms with E-state index in [2.05, 4.69) is 30.5 Å². The third-order valence-corrected chi connectivity index (χ3v) is 2.54. The number of hydrogen-bond acceptors (Lipinski definition) is 2. The van der Waals surface area contributed by atoms with E-state index in [4.69, 9.17) is 4.74 Å². The van der Waals surface area contributed by atoms with Crippen LogP contribution in [0.2, 0.25) is 0 Å². The highest BCUT2D eigenvalue weighted by Crippen LogP contribution is 2.12. The Kier molecular flexibility index (Phi) is 5.86. The molecule has 16 heavy (non-hydrogen) atoms. The zero-order valence-corrected chi connectivity index (χ0v) is 10.2. The van der Waals surface area contributed by atoms with Crippen molar-refractivity contribution in [2.45, 2.75) is 39.2 Å². The highest BCUT2D eigenvalue weighted by Gasteiger charge is 2.06. The van der Waals surface area contributed by atoms with Gasteiger partial charge in [-0.15, -0.1) is 0 Å². The second-order valence-electron chi connectivity index (χ2n) is 4.01. The molecule has 0 aromatic carbocycles. The highest BCUT2D eigenvalue weighted by molar-refractivity contribution is 5.75. The van der Waals surface area contributed by atoms with Gasteiger partial charge >= 0.3 is 0 Å². The van der Waals surface area contributed by atoms with Crippen molar-refractivity contribution >= 4 is 5.91 Å². The van der Waals surface area contributed by atoms with E-state index in [1.165, 1.54) is 5.57 Å². The summed E-state index contributed by atoms with van der Waals surface area (Å²) < 4.78 is 5.66. The van der Waals surface area contributed by atoms with Crippen LogP contribution in [0.3, 0.4) is 0 Å². The lowest BCUT2D eigenvalue weighted by Crippen LogP contribution is -2.24. The first-order valence-corrected chi connectivity index (χ1v) is 5.95. The summed E-state index contributed by atoms with van der Waals surface area (Å²) in [6, 6.07) is 0. The maximum atomic E-state index is 10.9. The number of ether oxygens (including phenoxy) is 1. The molecule has 0 aliphatic heterocycles. The van der Waals surface area contributed by atoms with Crippen LogP contribution in [0.1, 0.15) is 33.1 Å². The summed E-state index contributed by atoms with van der Waals surface area (Å²) >= 11 is 0. The van der Waals surface area contributed by atoms with Gasteiger partial charge in [-0.25, -0.2) is 0 Å². The molecule has 1 atom stereocenters. The minimum atomic E-state index is 0.108. The van der Waals surface area contributed by atoms with E-state index in [-0.39, 0.29) is 12.0 Å². The van der Waals surface area contributed by atoms with Gasteiger partial charge in [0.2, 0.25) is 5.91 Å². The molecule has 1 aliphatic rings. The maximum absolute atomic E-state index is 10.9. The number of nitrogens with one attached hydrogen (secondary N) is 1. The van der Waals surface area contributed by atoms with Gasteiger partial charge in [0.1, 0.15) is 0 Å². The molecule has 0 bridgehead atoms. The van der Waals surface area contributed by atoms with Gasteiger partial charge in [0.15, 0.2) is 0 Å². The molecule has 90 valence electrons. The van der Waals surface area contributed by atoms with E-state index in [1.54, 1.807) is 0 Å². The Hall–Kier alpha value is -1.09. The smallest absolute Gasteiger partial charge is 0.219 e. The van der Waals surface area contributed by atoms with E-state index in [0.29, 0.717) is 19.6 Å². The topological polar surface area (TPSA) is 38.3 Å². The van der Waals surface area contributed by atoms with Crippen molar-refractivity contribution in [3.8, 4) is 0 Å². The summed E-state index contributed by atoms with van der Waals surface area (Å²) in [4.78, 5) is 10.9. The van der Waals surface area contributed by atoms with Gasteiger partial charge in [-0.2, -0.15) is 0 Å². The van der Waals surface area contributed by atoms with E-state index >= 15 is 0 Å². The molecule has 0 saturated carbocycles. The Labute approximate surface area is 97.6 Å². The predicted octanol–water partition coefficient (Wildman–Crippen LogP) is 2.19. The molecule has 0 radical (unpaired) electrons. The predicted molar refractivity (Wildman–Crippen MR) is 65.2 cm³/mol. The molecular formula is C13H21NO2. The number of carbonyl (C=O) groups is 1. The standard InChI is InChI=1S/C13H21NO2/c1-3-13(15)14-9-4-10-16-12-7-5-11(2)6-8-12/h5-7,12H,3-4,8-10H2,1-2H3,(H,14,15). The van der Waals surface area contributed by atoms with Crippen molar-refractivity contribution in [1.82, 2.24) is 5.32 Å². The van der Waals surface area contributed by atoms with Gasteiger partial charge in [-0.05, 0) is 19.8 Å². The Morgan fingerprint density at radius 3 is 3.06 bits per heavy atom. The minimum absolute atomic E-state index is 0.108. The minimum Gasteiger partial charge on any atom is -0.374 e. The lowest BCUT2D eigenvalue weighted by Gasteiger charge is -2.15. The third-order valence-electron chi connectivity index (χ3n) is 2.54. The van der Waals surface area contributed by atoms with Crippen molar-refractivity contribution in [3.63, 3.8) is 0 Å². The number of rotatable bonds is 6. The van der Waals surface area contributed by atoms with E-state index in [9.17, 15) is 4.79 Å². The second-order valence-corrected chi connectivity index (χ2v) is 4.01. The van der Waals surface area contributed by atoms with Gasteiger partial charge in [0, 0.05) is 19.6 Å². The number of carbonyl (C=O) groups excluding carboxylic acids is 1. The van der Waals surface area contributed by atoms with Gasteiger partial charge in [0.05, 0.1) is 6.10 Å². The lowest BCUT2D eigenvalue weighted by molar-refractivity contribution is -0.120. The lowest BCUT2D eigenvalue weighted by atomic mass is 10.1. The molecule has 3 nitrogen and oxygen atoms in total. The van der Waals surface area contributed by atoms with E-state index in [0.717, 1.165) is 12.8 Å². The zero-order chi connectivity index (χ0) is 11.8. The van der Waals surface area contributed by atoms with Gasteiger partial charge < -0.3 is 10.1 Å². The third kappa shape index (κ3) is 5.12. The molecule has 0 spiro atoms. The normalized spacial score (nSPS) is 19.4. The first-order valence-electron chi connectivity index (χ1n) is 5.95. The van der Waals surface area contributed by atoms with Crippen LogP contribution in [0.15, 0.2) is 23.8 Å².